The number of amides is 4. The molecule has 4 amide bonds. The molecule has 0 unspecified atom stereocenters. The standard InChI is InChI=1S/C28H39N11O7/c29-26(30)33-14-4-8-21(38-28(43)46-17-18-6-2-1-3-7-18)24(41)35-16-23(40)37-22(9-5-15-34-27(31)32)25(42)36-19-10-12-20(13-11-19)39(44)45/h1-3,6-7,10-13,21-22H,4-5,8-9,14-17H2,(H,35,41)(H,36,42)(H,37,40)(H,38,43)(H4,29,30,33)(H4,31,32,34)/t21-,22+/m1/s1. The fourth-order valence-corrected chi connectivity index (χ4v) is 3.88. The molecular formula is C28H39N11O7. The third-order valence-electron chi connectivity index (χ3n) is 6.13. The smallest absolute Gasteiger partial charge is 0.408 e. The number of hydrogen-bond donors (Lipinski definition) is 8. The summed E-state index contributed by atoms with van der Waals surface area (Å²) in [6.07, 6.45) is 0.0317. The van der Waals surface area contributed by atoms with Crippen molar-refractivity contribution in [3.63, 3.8) is 0 Å². The van der Waals surface area contributed by atoms with Crippen molar-refractivity contribution in [1.82, 2.24) is 16.0 Å². The first-order valence-corrected chi connectivity index (χ1v) is 14.1. The number of ether oxygens (including phenoxy) is 1. The van der Waals surface area contributed by atoms with Gasteiger partial charge in [0.25, 0.3) is 5.69 Å². The molecule has 0 fully saturated rings. The molecule has 0 aliphatic heterocycles. The number of hydrogen-bond acceptors (Lipinski definition) is 9. The van der Waals surface area contributed by atoms with E-state index in [0.29, 0.717) is 12.8 Å². The number of nitro groups is 1. The van der Waals surface area contributed by atoms with Gasteiger partial charge >= 0.3 is 6.09 Å². The van der Waals surface area contributed by atoms with Gasteiger partial charge in [-0.3, -0.25) is 34.5 Å². The van der Waals surface area contributed by atoms with Gasteiger partial charge in [0.15, 0.2) is 11.9 Å². The van der Waals surface area contributed by atoms with Gasteiger partial charge in [0.1, 0.15) is 18.7 Å². The van der Waals surface area contributed by atoms with Crippen LogP contribution in [0.25, 0.3) is 0 Å². The zero-order chi connectivity index (χ0) is 33.9. The molecule has 2 atom stereocenters. The van der Waals surface area contributed by atoms with Crippen LogP contribution in [0.15, 0.2) is 64.6 Å². The van der Waals surface area contributed by atoms with Gasteiger partial charge in [-0.2, -0.15) is 0 Å². The first-order chi connectivity index (χ1) is 21.9. The maximum atomic E-state index is 13.0. The number of rotatable bonds is 18. The second-order valence-electron chi connectivity index (χ2n) is 9.79. The van der Waals surface area contributed by atoms with Crippen molar-refractivity contribution in [2.24, 2.45) is 32.9 Å². The summed E-state index contributed by atoms with van der Waals surface area (Å²) in [7, 11) is 0. The molecule has 2 rings (SSSR count). The lowest BCUT2D eigenvalue weighted by atomic mass is 10.1. The van der Waals surface area contributed by atoms with Crippen LogP contribution in [0.5, 0.6) is 0 Å². The highest BCUT2D eigenvalue weighted by Gasteiger charge is 2.24. The second kappa shape index (κ2) is 19.4. The van der Waals surface area contributed by atoms with Crippen molar-refractivity contribution < 1.29 is 28.8 Å². The molecule has 0 heterocycles. The quantitative estimate of drug-likeness (QED) is 0.0338. The van der Waals surface area contributed by atoms with Crippen LogP contribution < -0.4 is 44.2 Å². The molecule has 0 bridgehead atoms. The maximum Gasteiger partial charge on any atom is 0.408 e. The Hall–Kier alpha value is -5.94. The van der Waals surface area contributed by atoms with Gasteiger partial charge in [-0.1, -0.05) is 30.3 Å². The van der Waals surface area contributed by atoms with Crippen LogP contribution in [-0.4, -0.2) is 72.4 Å². The molecule has 12 N–H and O–H groups in total. The van der Waals surface area contributed by atoms with Gasteiger partial charge in [0.05, 0.1) is 11.5 Å². The monoisotopic (exact) mass is 641 g/mol. The van der Waals surface area contributed by atoms with Crippen molar-refractivity contribution in [2.75, 3.05) is 25.0 Å². The highest BCUT2D eigenvalue weighted by Crippen LogP contribution is 2.16. The first-order valence-electron chi connectivity index (χ1n) is 14.1. The number of nitrogens with two attached hydrogens (primary N) is 4. The number of guanidine groups is 2. The molecule has 0 aliphatic carbocycles. The number of anilines is 1. The van der Waals surface area contributed by atoms with Crippen molar-refractivity contribution in [3.05, 3.63) is 70.3 Å². The molecule has 248 valence electrons. The lowest BCUT2D eigenvalue weighted by Crippen LogP contribution is -2.51. The average molecular weight is 642 g/mol. The number of nitrogens with one attached hydrogen (secondary N) is 4. The third kappa shape index (κ3) is 14.5. The minimum Gasteiger partial charge on any atom is -0.445 e. The second-order valence-corrected chi connectivity index (χ2v) is 9.79. The predicted octanol–water partition coefficient (Wildman–Crippen LogP) is -0.463. The van der Waals surface area contributed by atoms with Gasteiger partial charge < -0.3 is 48.9 Å². The van der Waals surface area contributed by atoms with Crippen LogP contribution in [-0.2, 0) is 25.7 Å². The van der Waals surface area contributed by atoms with E-state index in [9.17, 15) is 29.3 Å². The number of nitrogens with zero attached hydrogens (tertiary/aromatic N) is 3. The lowest BCUT2D eigenvalue weighted by molar-refractivity contribution is -0.384. The molecule has 0 saturated heterocycles. The topological polar surface area (TPSA) is 298 Å². The van der Waals surface area contributed by atoms with E-state index in [4.69, 9.17) is 27.7 Å². The van der Waals surface area contributed by atoms with Crippen LogP contribution in [0.2, 0.25) is 0 Å². The van der Waals surface area contributed by atoms with Gasteiger partial charge in [-0.05, 0) is 43.4 Å². The molecule has 2 aromatic rings. The minimum absolute atomic E-state index is 0.0239. The highest BCUT2D eigenvalue weighted by molar-refractivity contribution is 5.98. The molecule has 18 heteroatoms. The van der Waals surface area contributed by atoms with E-state index in [2.05, 4.69) is 31.3 Å². The Bertz CT molecular complexity index is 1380. The molecule has 18 nitrogen and oxygen atoms in total. The normalized spacial score (nSPS) is 11.6. The van der Waals surface area contributed by atoms with Crippen LogP contribution in [0.3, 0.4) is 0 Å². The Kier molecular flexibility index (Phi) is 15.3. The van der Waals surface area contributed by atoms with Crippen LogP contribution in [0, 0.1) is 10.1 Å². The van der Waals surface area contributed by atoms with Crippen molar-refractivity contribution in [2.45, 2.75) is 44.4 Å². The molecule has 46 heavy (non-hydrogen) atoms. The SMILES string of the molecule is NC(N)=NCCC[C@H](NC(=O)CNC(=O)[C@@H](CCCN=C(N)N)NC(=O)OCc1ccccc1)C(=O)Nc1ccc([N+](=O)[O-])cc1. The molecule has 0 spiro atoms. The molecule has 0 radical (unpaired) electrons. The van der Waals surface area contributed by atoms with Gasteiger partial charge in [-0.15, -0.1) is 0 Å². The summed E-state index contributed by atoms with van der Waals surface area (Å²) < 4.78 is 5.21. The Morgan fingerprint density at radius 3 is 1.91 bits per heavy atom. The summed E-state index contributed by atoms with van der Waals surface area (Å²) >= 11 is 0. The van der Waals surface area contributed by atoms with Crippen molar-refractivity contribution in [1.29, 1.82) is 0 Å². The van der Waals surface area contributed by atoms with Gasteiger partial charge in [0.2, 0.25) is 17.7 Å². The largest absolute Gasteiger partial charge is 0.445 e. The Morgan fingerprint density at radius 2 is 1.37 bits per heavy atom. The molecule has 0 aliphatic rings. The highest BCUT2D eigenvalue weighted by atomic mass is 16.6. The third-order valence-corrected chi connectivity index (χ3v) is 6.13. The molecule has 0 saturated carbocycles. The minimum atomic E-state index is -1.09. The Morgan fingerprint density at radius 1 is 0.804 bits per heavy atom. The first kappa shape index (κ1) is 36.3. The number of alkyl carbamates (subject to hydrolysis) is 1. The Balaban J connectivity index is 2.01. The van der Waals surface area contributed by atoms with E-state index in [1.807, 2.05) is 6.07 Å². The van der Waals surface area contributed by atoms with Crippen molar-refractivity contribution in [3.8, 4) is 0 Å². The van der Waals surface area contributed by atoms with E-state index in [1.54, 1.807) is 24.3 Å². The number of benzene rings is 2. The molecular weight excluding hydrogens is 602 g/mol. The fraction of sp³-hybridized carbons (Fsp3) is 0.357. The van der Waals surface area contributed by atoms with Crippen LogP contribution in [0.1, 0.15) is 31.2 Å². The molecule has 2 aromatic carbocycles. The van der Waals surface area contributed by atoms with Gasteiger partial charge in [0, 0.05) is 30.9 Å². The number of carbonyl (C=O) groups excluding carboxylic acids is 4. The number of aliphatic imine (C=N–C) groups is 2. The van der Waals surface area contributed by atoms with Crippen molar-refractivity contribution >= 4 is 47.1 Å². The lowest BCUT2D eigenvalue weighted by Gasteiger charge is -2.20. The Labute approximate surface area is 264 Å². The van der Waals surface area contributed by atoms with Crippen LogP contribution >= 0.6 is 0 Å². The predicted molar refractivity (Wildman–Crippen MR) is 170 cm³/mol. The number of carbonyl (C=O) groups is 4. The number of non-ortho nitro benzene ring substituents is 1. The fourth-order valence-electron chi connectivity index (χ4n) is 3.88. The summed E-state index contributed by atoms with van der Waals surface area (Å²) in [4.78, 5) is 69.3. The van der Waals surface area contributed by atoms with E-state index < -0.39 is 47.4 Å². The van der Waals surface area contributed by atoms with Gasteiger partial charge in [-0.25, -0.2) is 4.79 Å². The summed E-state index contributed by atoms with van der Waals surface area (Å²) in [5, 5.41) is 21.0. The summed E-state index contributed by atoms with van der Waals surface area (Å²) in [5.74, 6) is -2.26. The van der Waals surface area contributed by atoms with E-state index in [1.165, 1.54) is 24.3 Å². The van der Waals surface area contributed by atoms with E-state index >= 15 is 0 Å². The molecule has 0 aromatic heterocycles. The van der Waals surface area contributed by atoms with E-state index in [0.717, 1.165) is 5.56 Å². The average Bonchev–Trinajstić information content (AvgIpc) is 3.02. The summed E-state index contributed by atoms with van der Waals surface area (Å²) in [5.41, 5.74) is 22.2. The zero-order valence-corrected chi connectivity index (χ0v) is 25.0. The summed E-state index contributed by atoms with van der Waals surface area (Å²) in [6.45, 7) is -0.175. The summed E-state index contributed by atoms with van der Waals surface area (Å²) in [6, 6.07) is 11.9. The van der Waals surface area contributed by atoms with Crippen LogP contribution in [0.4, 0.5) is 16.2 Å². The number of nitro benzene ring substituents is 1. The van der Waals surface area contributed by atoms with E-state index in [-0.39, 0.29) is 55.8 Å². The maximum absolute atomic E-state index is 13.0. The zero-order valence-electron chi connectivity index (χ0n) is 25.0.